The lowest BCUT2D eigenvalue weighted by Crippen LogP contribution is -2.21. The Morgan fingerprint density at radius 1 is 1.29 bits per heavy atom. The van der Waals surface area contributed by atoms with Gasteiger partial charge in [-0.1, -0.05) is 43.6 Å². The molecule has 1 N–H and O–H groups in total. The molecule has 21 heavy (non-hydrogen) atoms. The molecule has 0 radical (unpaired) electrons. The number of halogens is 1. The van der Waals surface area contributed by atoms with E-state index in [9.17, 15) is 0 Å². The molecule has 1 heterocycles. The van der Waals surface area contributed by atoms with Crippen molar-refractivity contribution in [3.8, 4) is 5.75 Å². The van der Waals surface area contributed by atoms with Gasteiger partial charge >= 0.3 is 0 Å². The highest BCUT2D eigenvalue weighted by Gasteiger charge is 2.16. The number of nitrogens with zero attached hydrogens (tertiary/aromatic N) is 2. The van der Waals surface area contributed by atoms with Gasteiger partial charge in [0.1, 0.15) is 17.5 Å². The quantitative estimate of drug-likeness (QED) is 0.797. The van der Waals surface area contributed by atoms with Gasteiger partial charge in [0.05, 0.1) is 5.69 Å². The van der Waals surface area contributed by atoms with Crippen molar-refractivity contribution in [3.63, 3.8) is 0 Å². The van der Waals surface area contributed by atoms with Gasteiger partial charge in [-0.25, -0.2) is 0 Å². The van der Waals surface area contributed by atoms with Crippen LogP contribution in [-0.2, 0) is 13.6 Å². The van der Waals surface area contributed by atoms with Crippen molar-refractivity contribution in [2.24, 2.45) is 7.05 Å². The molecule has 0 atom stereocenters. The Bertz CT molecular complexity index is 566. The fourth-order valence-electron chi connectivity index (χ4n) is 2.17. The number of hydrogen-bond acceptors (Lipinski definition) is 3. The summed E-state index contributed by atoms with van der Waals surface area (Å²) in [6.45, 7) is 6.34. The van der Waals surface area contributed by atoms with Crippen LogP contribution in [0.2, 0.25) is 5.15 Å². The Kier molecular flexibility index (Phi) is 5.65. The third kappa shape index (κ3) is 4.22. The van der Waals surface area contributed by atoms with E-state index in [1.165, 1.54) is 0 Å². The largest absolute Gasteiger partial charge is 0.492 e. The van der Waals surface area contributed by atoms with Crippen LogP contribution in [-0.4, -0.2) is 22.9 Å². The Balaban J connectivity index is 1.81. The molecule has 0 saturated heterocycles. The van der Waals surface area contributed by atoms with Crippen LogP contribution in [0.15, 0.2) is 30.3 Å². The molecule has 114 valence electrons. The Morgan fingerprint density at radius 3 is 2.67 bits per heavy atom. The molecule has 2 rings (SSSR count). The molecule has 0 spiro atoms. The van der Waals surface area contributed by atoms with Crippen LogP contribution in [0.3, 0.4) is 0 Å². The van der Waals surface area contributed by atoms with Gasteiger partial charge in [0.2, 0.25) is 0 Å². The predicted octanol–water partition coefficient (Wildman–Crippen LogP) is 3.37. The average molecular weight is 308 g/mol. The standard InChI is InChI=1S/C16H22ClN3O/c1-12(2)15-14(16(17)20(3)19-15)11-18-9-10-21-13-7-5-4-6-8-13/h4-8,12,18H,9-11H2,1-3H3. The molecule has 0 aliphatic rings. The molecule has 0 saturated carbocycles. The third-order valence-corrected chi connectivity index (χ3v) is 3.71. The number of benzene rings is 1. The van der Waals surface area contributed by atoms with Crippen LogP contribution in [0.1, 0.15) is 31.0 Å². The number of rotatable bonds is 7. The van der Waals surface area contributed by atoms with Crippen molar-refractivity contribution in [1.29, 1.82) is 0 Å². The van der Waals surface area contributed by atoms with Gasteiger partial charge in [-0.2, -0.15) is 5.10 Å². The SMILES string of the molecule is CC(C)c1nn(C)c(Cl)c1CNCCOc1ccccc1. The molecule has 1 aromatic heterocycles. The summed E-state index contributed by atoms with van der Waals surface area (Å²) in [5.41, 5.74) is 2.13. The van der Waals surface area contributed by atoms with Crippen molar-refractivity contribution < 1.29 is 4.74 Å². The van der Waals surface area contributed by atoms with Crippen molar-refractivity contribution in [1.82, 2.24) is 15.1 Å². The summed E-state index contributed by atoms with van der Waals surface area (Å²) >= 11 is 6.30. The van der Waals surface area contributed by atoms with Gasteiger partial charge in [0.15, 0.2) is 0 Å². The number of hydrogen-bond donors (Lipinski definition) is 1. The van der Waals surface area contributed by atoms with E-state index in [1.807, 2.05) is 37.4 Å². The molecule has 1 aromatic carbocycles. The maximum atomic E-state index is 6.30. The second-order valence-electron chi connectivity index (χ2n) is 5.27. The van der Waals surface area contributed by atoms with Gasteiger partial charge in [-0.05, 0) is 18.1 Å². The summed E-state index contributed by atoms with van der Waals surface area (Å²) in [5, 5.41) is 8.53. The summed E-state index contributed by atoms with van der Waals surface area (Å²) in [4.78, 5) is 0. The summed E-state index contributed by atoms with van der Waals surface area (Å²) in [6, 6.07) is 9.81. The van der Waals surface area contributed by atoms with Crippen LogP contribution in [0, 0.1) is 0 Å². The normalized spacial score (nSPS) is 11.1. The lowest BCUT2D eigenvalue weighted by molar-refractivity contribution is 0.313. The first kappa shape index (κ1) is 15.9. The summed E-state index contributed by atoms with van der Waals surface area (Å²) < 4.78 is 7.37. The topological polar surface area (TPSA) is 39.1 Å². The fourth-order valence-corrected chi connectivity index (χ4v) is 2.37. The Morgan fingerprint density at radius 2 is 2.00 bits per heavy atom. The number of aromatic nitrogens is 2. The first-order valence-corrected chi connectivity index (χ1v) is 7.57. The zero-order chi connectivity index (χ0) is 15.2. The van der Waals surface area contributed by atoms with Gasteiger partial charge in [0.25, 0.3) is 0 Å². The van der Waals surface area contributed by atoms with E-state index in [0.717, 1.165) is 23.6 Å². The van der Waals surface area contributed by atoms with E-state index in [0.29, 0.717) is 24.2 Å². The number of nitrogens with one attached hydrogen (secondary N) is 1. The number of aryl methyl sites for hydroxylation is 1. The zero-order valence-corrected chi connectivity index (χ0v) is 13.5. The Labute approximate surface area is 131 Å². The molecular weight excluding hydrogens is 286 g/mol. The van der Waals surface area contributed by atoms with Crippen LogP contribution in [0.4, 0.5) is 0 Å². The molecular formula is C16H22ClN3O. The van der Waals surface area contributed by atoms with Crippen LogP contribution >= 0.6 is 11.6 Å². The number of para-hydroxylation sites is 1. The molecule has 0 unspecified atom stereocenters. The minimum atomic E-state index is 0.362. The third-order valence-electron chi connectivity index (χ3n) is 3.24. The second-order valence-corrected chi connectivity index (χ2v) is 5.63. The van der Waals surface area contributed by atoms with Crippen LogP contribution in [0.25, 0.3) is 0 Å². The predicted molar refractivity (Wildman–Crippen MR) is 86.0 cm³/mol. The maximum Gasteiger partial charge on any atom is 0.131 e. The van der Waals surface area contributed by atoms with Crippen molar-refractivity contribution >= 4 is 11.6 Å². The highest BCUT2D eigenvalue weighted by molar-refractivity contribution is 6.30. The highest BCUT2D eigenvalue weighted by Crippen LogP contribution is 2.24. The van der Waals surface area contributed by atoms with Crippen molar-refractivity contribution in [2.45, 2.75) is 26.3 Å². The van der Waals surface area contributed by atoms with Gasteiger partial charge in [-0.15, -0.1) is 0 Å². The van der Waals surface area contributed by atoms with Crippen molar-refractivity contribution in [2.75, 3.05) is 13.2 Å². The number of ether oxygens (including phenoxy) is 1. The molecule has 5 heteroatoms. The minimum Gasteiger partial charge on any atom is -0.492 e. The van der Waals surface area contributed by atoms with Crippen LogP contribution in [0.5, 0.6) is 5.75 Å². The lowest BCUT2D eigenvalue weighted by atomic mass is 10.1. The molecule has 0 fully saturated rings. The Hall–Kier alpha value is -1.52. The molecule has 0 bridgehead atoms. The smallest absolute Gasteiger partial charge is 0.131 e. The second kappa shape index (κ2) is 7.48. The average Bonchev–Trinajstić information content (AvgIpc) is 2.76. The van der Waals surface area contributed by atoms with E-state index in [4.69, 9.17) is 16.3 Å². The van der Waals surface area contributed by atoms with E-state index in [-0.39, 0.29) is 0 Å². The van der Waals surface area contributed by atoms with E-state index in [2.05, 4.69) is 24.3 Å². The van der Waals surface area contributed by atoms with Crippen LogP contribution < -0.4 is 10.1 Å². The van der Waals surface area contributed by atoms with E-state index in [1.54, 1.807) is 4.68 Å². The first-order chi connectivity index (χ1) is 10.1. The van der Waals surface area contributed by atoms with Gasteiger partial charge < -0.3 is 10.1 Å². The van der Waals surface area contributed by atoms with Crippen molar-refractivity contribution in [3.05, 3.63) is 46.7 Å². The zero-order valence-electron chi connectivity index (χ0n) is 12.8. The molecule has 0 aliphatic heterocycles. The first-order valence-electron chi connectivity index (χ1n) is 7.19. The molecule has 2 aromatic rings. The monoisotopic (exact) mass is 307 g/mol. The fraction of sp³-hybridized carbons (Fsp3) is 0.438. The van der Waals surface area contributed by atoms with Gasteiger partial charge in [0, 0.05) is 25.7 Å². The lowest BCUT2D eigenvalue weighted by Gasteiger charge is -2.09. The molecule has 0 aliphatic carbocycles. The summed E-state index contributed by atoms with van der Waals surface area (Å²) in [5.74, 6) is 1.25. The molecule has 4 nitrogen and oxygen atoms in total. The highest BCUT2D eigenvalue weighted by atomic mass is 35.5. The summed E-state index contributed by atoms with van der Waals surface area (Å²) in [7, 11) is 1.87. The van der Waals surface area contributed by atoms with E-state index < -0.39 is 0 Å². The van der Waals surface area contributed by atoms with E-state index >= 15 is 0 Å². The maximum absolute atomic E-state index is 6.30. The summed E-state index contributed by atoms with van der Waals surface area (Å²) in [6.07, 6.45) is 0. The van der Waals surface area contributed by atoms with Gasteiger partial charge in [-0.3, -0.25) is 4.68 Å². The minimum absolute atomic E-state index is 0.362. The molecule has 0 amide bonds.